The third kappa shape index (κ3) is 20.7. The van der Waals surface area contributed by atoms with Gasteiger partial charge in [0.1, 0.15) is 6.04 Å². The van der Waals surface area contributed by atoms with Crippen LogP contribution in [0.3, 0.4) is 0 Å². The van der Waals surface area contributed by atoms with Gasteiger partial charge in [-0.05, 0) is 32.3 Å². The maximum absolute atomic E-state index is 11.3. The molecule has 1 aromatic rings. The highest BCUT2D eigenvalue weighted by Crippen LogP contribution is 2.12. The van der Waals surface area contributed by atoms with Crippen molar-refractivity contribution in [2.45, 2.75) is 116 Å². The molecule has 1 aromatic carbocycles. The lowest BCUT2D eigenvalue weighted by Crippen LogP contribution is -2.40. The van der Waals surface area contributed by atoms with Gasteiger partial charge in [0.2, 0.25) is 0 Å². The Hall–Kier alpha value is -1.92. The highest BCUT2D eigenvalue weighted by atomic mass is 16.5. The number of unbranched alkanes of at least 4 members (excludes halogenated alkanes) is 10. The first-order valence-corrected chi connectivity index (χ1v) is 13.2. The summed E-state index contributed by atoms with van der Waals surface area (Å²) >= 11 is 0. The molecule has 3 N–H and O–H groups in total. The van der Waals surface area contributed by atoms with Crippen molar-refractivity contribution in [2.24, 2.45) is 0 Å². The molecule has 0 spiro atoms. The number of aliphatic carboxylic acids is 1. The van der Waals surface area contributed by atoms with Gasteiger partial charge < -0.3 is 20.3 Å². The summed E-state index contributed by atoms with van der Waals surface area (Å²) in [6.07, 6.45) is 15.8. The number of aliphatic hydroxyl groups is 1. The molecule has 1 atom stereocenters. The topological polar surface area (TPSA) is 95.9 Å². The van der Waals surface area contributed by atoms with Crippen LogP contribution in [0.25, 0.3) is 0 Å². The summed E-state index contributed by atoms with van der Waals surface area (Å²) < 4.78 is 5.10. The lowest BCUT2D eigenvalue weighted by molar-refractivity contribution is -0.147. The van der Waals surface area contributed by atoms with Crippen LogP contribution in [0.4, 0.5) is 0 Å². The number of carbonyl (C=O) groups excluding carboxylic acids is 1. The Morgan fingerprint density at radius 1 is 0.882 bits per heavy atom. The number of carboxylic acid groups (broad SMARTS) is 1. The highest BCUT2D eigenvalue weighted by molar-refractivity contribution is 5.73. The summed E-state index contributed by atoms with van der Waals surface area (Å²) in [6, 6.07) is 8.91. The minimum atomic E-state index is -1.02. The molecule has 0 saturated heterocycles. The smallest absolute Gasteiger partial charge is 0.323 e. The van der Waals surface area contributed by atoms with Crippen LogP contribution in [0, 0.1) is 0 Å². The maximum Gasteiger partial charge on any atom is 0.323 e. The van der Waals surface area contributed by atoms with Gasteiger partial charge >= 0.3 is 11.9 Å². The monoisotopic (exact) mass is 479 g/mol. The normalized spacial score (nSPS) is 11.6. The predicted molar refractivity (Wildman–Crippen MR) is 139 cm³/mol. The first-order chi connectivity index (χ1) is 16.4. The number of hydrogen-bond acceptors (Lipinski definition) is 5. The SMILES string of the molecule is CCCCCCCCCCCCCC(=O)OC(C)C.O=C(O)[C@H](CO)NCCc1ccccc1. The van der Waals surface area contributed by atoms with E-state index in [1.807, 2.05) is 44.2 Å². The second kappa shape index (κ2) is 22.9. The van der Waals surface area contributed by atoms with Crippen LogP contribution in [0.1, 0.15) is 103 Å². The quantitative estimate of drug-likeness (QED) is 0.169. The van der Waals surface area contributed by atoms with E-state index in [0.717, 1.165) is 18.4 Å². The van der Waals surface area contributed by atoms with E-state index in [9.17, 15) is 9.59 Å². The molecule has 0 amide bonds. The summed E-state index contributed by atoms with van der Waals surface area (Å²) in [5, 5.41) is 20.2. The molecule has 0 fully saturated rings. The molecule has 0 saturated carbocycles. The van der Waals surface area contributed by atoms with Gasteiger partial charge in [-0.3, -0.25) is 9.59 Å². The molecule has 0 radical (unpaired) electrons. The molecule has 0 aliphatic rings. The third-order valence-corrected chi connectivity index (χ3v) is 5.48. The molecular formula is C28H49NO5. The van der Waals surface area contributed by atoms with Crippen molar-refractivity contribution in [3.63, 3.8) is 0 Å². The van der Waals surface area contributed by atoms with Crippen LogP contribution in [0.2, 0.25) is 0 Å². The second-order valence-corrected chi connectivity index (χ2v) is 9.09. The molecule has 0 aliphatic carbocycles. The fourth-order valence-electron chi connectivity index (χ4n) is 3.52. The van der Waals surface area contributed by atoms with E-state index < -0.39 is 12.0 Å². The molecule has 0 heterocycles. The molecular weight excluding hydrogens is 430 g/mol. The number of hydrogen-bond donors (Lipinski definition) is 3. The largest absolute Gasteiger partial charge is 0.480 e. The highest BCUT2D eigenvalue weighted by Gasteiger charge is 2.14. The number of nitrogens with one attached hydrogen (secondary N) is 1. The number of rotatable bonds is 19. The molecule has 1 rings (SSSR count). The Morgan fingerprint density at radius 2 is 1.41 bits per heavy atom. The number of carbonyl (C=O) groups is 2. The first-order valence-electron chi connectivity index (χ1n) is 13.2. The molecule has 0 aliphatic heterocycles. The second-order valence-electron chi connectivity index (χ2n) is 9.09. The van der Waals surface area contributed by atoms with E-state index in [-0.39, 0.29) is 18.7 Å². The van der Waals surface area contributed by atoms with Crippen LogP contribution >= 0.6 is 0 Å². The molecule has 196 valence electrons. The van der Waals surface area contributed by atoms with Crippen molar-refractivity contribution < 1.29 is 24.5 Å². The van der Waals surface area contributed by atoms with Gasteiger partial charge in [0.05, 0.1) is 12.7 Å². The third-order valence-electron chi connectivity index (χ3n) is 5.48. The molecule has 34 heavy (non-hydrogen) atoms. The van der Waals surface area contributed by atoms with Gasteiger partial charge in [-0.25, -0.2) is 0 Å². The molecule has 6 nitrogen and oxygen atoms in total. The lowest BCUT2D eigenvalue weighted by atomic mass is 10.1. The fraction of sp³-hybridized carbons (Fsp3) is 0.714. The molecule has 6 heteroatoms. The lowest BCUT2D eigenvalue weighted by Gasteiger charge is -2.10. The Labute approximate surface area is 207 Å². The minimum Gasteiger partial charge on any atom is -0.480 e. The van der Waals surface area contributed by atoms with Crippen molar-refractivity contribution in [1.82, 2.24) is 5.32 Å². The number of carboxylic acids is 1. The van der Waals surface area contributed by atoms with Crippen LogP contribution in [0.5, 0.6) is 0 Å². The average Bonchev–Trinajstić information content (AvgIpc) is 2.80. The Morgan fingerprint density at radius 3 is 1.88 bits per heavy atom. The van der Waals surface area contributed by atoms with E-state index >= 15 is 0 Å². The Kier molecular flexibility index (Phi) is 21.6. The van der Waals surface area contributed by atoms with Gasteiger partial charge in [0, 0.05) is 13.0 Å². The van der Waals surface area contributed by atoms with Gasteiger partial charge in [0.15, 0.2) is 0 Å². The molecule has 0 bridgehead atoms. The number of ether oxygens (including phenoxy) is 1. The van der Waals surface area contributed by atoms with Crippen LogP contribution in [-0.2, 0) is 20.7 Å². The van der Waals surface area contributed by atoms with E-state index in [2.05, 4.69) is 12.2 Å². The molecule has 0 aromatic heterocycles. The van der Waals surface area contributed by atoms with Gasteiger partial charge in [-0.2, -0.15) is 0 Å². The van der Waals surface area contributed by atoms with Crippen molar-refractivity contribution in [2.75, 3.05) is 13.2 Å². The van der Waals surface area contributed by atoms with Gasteiger partial charge in [-0.15, -0.1) is 0 Å². The zero-order valence-corrected chi connectivity index (χ0v) is 21.8. The number of aliphatic hydroxyl groups excluding tert-OH is 1. The van der Waals surface area contributed by atoms with Crippen LogP contribution < -0.4 is 5.32 Å². The van der Waals surface area contributed by atoms with Crippen molar-refractivity contribution in [1.29, 1.82) is 0 Å². The van der Waals surface area contributed by atoms with E-state index in [4.69, 9.17) is 14.9 Å². The summed E-state index contributed by atoms with van der Waals surface area (Å²) in [5.41, 5.74) is 1.15. The molecule has 0 unspecified atom stereocenters. The van der Waals surface area contributed by atoms with E-state index in [0.29, 0.717) is 13.0 Å². The summed E-state index contributed by atoms with van der Waals surface area (Å²) in [5.74, 6) is -1.06. The first kappa shape index (κ1) is 32.1. The van der Waals surface area contributed by atoms with Gasteiger partial charge in [0.25, 0.3) is 0 Å². The van der Waals surface area contributed by atoms with Crippen molar-refractivity contribution in [3.8, 4) is 0 Å². The number of benzene rings is 1. The summed E-state index contributed by atoms with van der Waals surface area (Å²) in [6.45, 7) is 6.22. The van der Waals surface area contributed by atoms with Crippen LogP contribution in [-0.4, -0.2) is 47.4 Å². The average molecular weight is 480 g/mol. The standard InChI is InChI=1S/C17H34O2.C11H15NO3/c1-4-5-6-7-8-9-10-11-12-13-14-15-17(18)19-16(2)3;13-8-10(11(14)15)12-7-6-9-4-2-1-3-5-9/h16H,4-15H2,1-3H3;1-5,10,12-13H,6-8H2,(H,14,15)/t;10-/m.0/s1. The van der Waals surface area contributed by atoms with Crippen molar-refractivity contribution in [3.05, 3.63) is 35.9 Å². The minimum absolute atomic E-state index is 0.0280. The van der Waals surface area contributed by atoms with E-state index in [1.54, 1.807) is 0 Å². The Balaban J connectivity index is 0.000000657. The number of esters is 1. The van der Waals surface area contributed by atoms with E-state index in [1.165, 1.54) is 64.2 Å². The Bertz CT molecular complexity index is 606. The van der Waals surface area contributed by atoms with Crippen LogP contribution in [0.15, 0.2) is 30.3 Å². The zero-order chi connectivity index (χ0) is 25.4. The fourth-order valence-corrected chi connectivity index (χ4v) is 3.52. The summed E-state index contributed by atoms with van der Waals surface area (Å²) in [4.78, 5) is 21.8. The zero-order valence-electron chi connectivity index (χ0n) is 21.8. The predicted octanol–water partition coefficient (Wildman–Crippen LogP) is 5.90. The maximum atomic E-state index is 11.3. The van der Waals surface area contributed by atoms with Gasteiger partial charge in [-0.1, -0.05) is 101 Å². The van der Waals surface area contributed by atoms with Crippen molar-refractivity contribution >= 4 is 11.9 Å². The summed E-state index contributed by atoms with van der Waals surface area (Å²) in [7, 11) is 0.